The summed E-state index contributed by atoms with van der Waals surface area (Å²) >= 11 is 0. The Morgan fingerprint density at radius 2 is 1.95 bits per heavy atom. The number of carbonyl (C=O) groups excluding carboxylic acids is 1. The van der Waals surface area contributed by atoms with Crippen molar-refractivity contribution >= 4 is 5.91 Å². The van der Waals surface area contributed by atoms with E-state index in [4.69, 9.17) is 0 Å². The molecule has 0 aliphatic carbocycles. The van der Waals surface area contributed by atoms with Crippen LogP contribution in [0.3, 0.4) is 0 Å². The zero-order valence-electron chi connectivity index (χ0n) is 11.6. The fourth-order valence-corrected chi connectivity index (χ4v) is 2.63. The van der Waals surface area contributed by atoms with Gasteiger partial charge in [0.2, 0.25) is 0 Å². The number of nitrogens with zero attached hydrogens (tertiary/aromatic N) is 3. The Hall–Kier alpha value is -2.27. The summed E-state index contributed by atoms with van der Waals surface area (Å²) in [5.74, 6) is 0.499. The van der Waals surface area contributed by atoms with E-state index >= 15 is 0 Å². The first kappa shape index (κ1) is 13.7. The second-order valence-electron chi connectivity index (χ2n) is 5.14. The lowest BCUT2D eigenvalue weighted by Gasteiger charge is -2.22. The number of likely N-dealkylation sites (tertiary alicyclic amines) is 1. The van der Waals surface area contributed by atoms with E-state index in [1.165, 1.54) is 0 Å². The summed E-state index contributed by atoms with van der Waals surface area (Å²) in [4.78, 5) is 22.7. The number of aliphatic hydroxyl groups is 1. The number of rotatable bonds is 3. The molecule has 1 amide bonds. The molecule has 2 heterocycles. The third-order valence-corrected chi connectivity index (χ3v) is 3.78. The first-order chi connectivity index (χ1) is 10.3. The van der Waals surface area contributed by atoms with Crippen molar-refractivity contribution in [1.29, 1.82) is 0 Å². The summed E-state index contributed by atoms with van der Waals surface area (Å²) < 4.78 is 0. The summed E-state index contributed by atoms with van der Waals surface area (Å²) in [6.45, 7) is 0.694. The van der Waals surface area contributed by atoms with Gasteiger partial charge in [-0.15, -0.1) is 0 Å². The van der Waals surface area contributed by atoms with Gasteiger partial charge >= 0.3 is 0 Å². The monoisotopic (exact) mass is 283 g/mol. The molecule has 1 aromatic carbocycles. The second kappa shape index (κ2) is 6.01. The summed E-state index contributed by atoms with van der Waals surface area (Å²) in [6.07, 6.45) is 4.90. The van der Waals surface area contributed by atoms with Crippen LogP contribution < -0.4 is 0 Å². The lowest BCUT2D eigenvalue weighted by atomic mass is 10.2. The molecular formula is C16H17N3O2. The molecule has 5 nitrogen and oxygen atoms in total. The molecule has 0 spiro atoms. The van der Waals surface area contributed by atoms with Gasteiger partial charge < -0.3 is 10.0 Å². The van der Waals surface area contributed by atoms with Crippen LogP contribution in [0.25, 0.3) is 11.4 Å². The van der Waals surface area contributed by atoms with Crippen molar-refractivity contribution in [2.75, 3.05) is 13.2 Å². The molecule has 108 valence electrons. The van der Waals surface area contributed by atoms with E-state index in [1.54, 1.807) is 17.3 Å². The number of hydrogen-bond acceptors (Lipinski definition) is 4. The molecule has 2 aromatic rings. The second-order valence-corrected chi connectivity index (χ2v) is 5.14. The van der Waals surface area contributed by atoms with Crippen molar-refractivity contribution in [3.63, 3.8) is 0 Å². The zero-order valence-corrected chi connectivity index (χ0v) is 11.6. The minimum absolute atomic E-state index is 0.00863. The number of aromatic nitrogens is 2. The van der Waals surface area contributed by atoms with Crippen molar-refractivity contribution in [3.05, 3.63) is 48.3 Å². The highest BCUT2D eigenvalue weighted by molar-refractivity contribution is 5.94. The average Bonchev–Trinajstić information content (AvgIpc) is 3.04. The molecule has 0 unspecified atom stereocenters. The van der Waals surface area contributed by atoms with Gasteiger partial charge in [0, 0.05) is 24.5 Å². The first-order valence-electron chi connectivity index (χ1n) is 7.09. The Kier molecular flexibility index (Phi) is 3.92. The normalized spacial score (nSPS) is 18.0. The van der Waals surface area contributed by atoms with Crippen LogP contribution in [-0.4, -0.2) is 45.1 Å². The summed E-state index contributed by atoms with van der Waals surface area (Å²) in [6, 6.07) is 9.57. The van der Waals surface area contributed by atoms with Crippen LogP contribution in [0.1, 0.15) is 23.2 Å². The van der Waals surface area contributed by atoms with Crippen LogP contribution in [-0.2, 0) is 0 Å². The maximum atomic E-state index is 12.4. The fraction of sp³-hybridized carbons (Fsp3) is 0.312. The van der Waals surface area contributed by atoms with Crippen LogP contribution in [0.4, 0.5) is 0 Å². The molecular weight excluding hydrogens is 266 g/mol. The van der Waals surface area contributed by atoms with E-state index in [0.717, 1.165) is 18.4 Å². The maximum Gasteiger partial charge on any atom is 0.257 e. The van der Waals surface area contributed by atoms with Gasteiger partial charge in [-0.05, 0) is 12.8 Å². The molecule has 1 N–H and O–H groups in total. The van der Waals surface area contributed by atoms with Crippen molar-refractivity contribution in [2.45, 2.75) is 18.9 Å². The predicted molar refractivity (Wildman–Crippen MR) is 78.6 cm³/mol. The molecule has 0 bridgehead atoms. The van der Waals surface area contributed by atoms with Gasteiger partial charge in [0.15, 0.2) is 5.82 Å². The maximum absolute atomic E-state index is 12.4. The predicted octanol–water partition coefficient (Wildman–Crippen LogP) is 1.74. The van der Waals surface area contributed by atoms with E-state index in [-0.39, 0.29) is 18.6 Å². The molecule has 3 rings (SSSR count). The summed E-state index contributed by atoms with van der Waals surface area (Å²) in [5.41, 5.74) is 1.39. The summed E-state index contributed by atoms with van der Waals surface area (Å²) in [7, 11) is 0. The Morgan fingerprint density at radius 3 is 2.62 bits per heavy atom. The van der Waals surface area contributed by atoms with Gasteiger partial charge in [-0.25, -0.2) is 9.97 Å². The molecule has 1 fully saturated rings. The number of benzene rings is 1. The average molecular weight is 283 g/mol. The molecule has 1 aliphatic rings. The molecule has 5 heteroatoms. The quantitative estimate of drug-likeness (QED) is 0.931. The molecule has 1 aliphatic heterocycles. The summed E-state index contributed by atoms with van der Waals surface area (Å²) in [5, 5.41) is 9.30. The SMILES string of the molecule is O=C(c1cnc(-c2ccccc2)nc1)N1CCC[C@@H]1CO. The molecule has 0 saturated carbocycles. The van der Waals surface area contributed by atoms with Crippen molar-refractivity contribution in [2.24, 2.45) is 0 Å². The zero-order chi connectivity index (χ0) is 14.7. The standard InChI is InChI=1S/C16H17N3O2/c20-11-14-7-4-8-19(14)16(21)13-9-17-15(18-10-13)12-5-2-1-3-6-12/h1-3,5-6,9-10,14,20H,4,7-8,11H2/t14-/m1/s1. The Bertz CT molecular complexity index is 613. The highest BCUT2D eigenvalue weighted by atomic mass is 16.3. The largest absolute Gasteiger partial charge is 0.394 e. The van der Waals surface area contributed by atoms with Crippen molar-refractivity contribution in [3.8, 4) is 11.4 Å². The van der Waals surface area contributed by atoms with Gasteiger partial charge in [0.25, 0.3) is 5.91 Å². The molecule has 21 heavy (non-hydrogen) atoms. The molecule has 0 radical (unpaired) electrons. The number of hydrogen-bond donors (Lipinski definition) is 1. The van der Waals surface area contributed by atoms with E-state index < -0.39 is 0 Å². The van der Waals surface area contributed by atoms with Crippen LogP contribution in [0, 0.1) is 0 Å². The highest BCUT2D eigenvalue weighted by Gasteiger charge is 2.29. The van der Waals surface area contributed by atoms with Gasteiger partial charge in [0.05, 0.1) is 18.2 Å². The van der Waals surface area contributed by atoms with Crippen molar-refractivity contribution in [1.82, 2.24) is 14.9 Å². The smallest absolute Gasteiger partial charge is 0.257 e. The molecule has 1 atom stereocenters. The van der Waals surface area contributed by atoms with Gasteiger partial charge in [-0.2, -0.15) is 0 Å². The third-order valence-electron chi connectivity index (χ3n) is 3.78. The Labute approximate surface area is 123 Å². The van der Waals surface area contributed by atoms with Gasteiger partial charge in [-0.1, -0.05) is 30.3 Å². The van der Waals surface area contributed by atoms with E-state index in [9.17, 15) is 9.90 Å². The van der Waals surface area contributed by atoms with E-state index in [1.807, 2.05) is 30.3 Å². The lowest BCUT2D eigenvalue weighted by molar-refractivity contribution is 0.0677. The van der Waals surface area contributed by atoms with Gasteiger partial charge in [0.1, 0.15) is 0 Å². The van der Waals surface area contributed by atoms with E-state index in [0.29, 0.717) is 17.9 Å². The molecule has 1 saturated heterocycles. The number of aliphatic hydroxyl groups excluding tert-OH is 1. The Morgan fingerprint density at radius 1 is 1.24 bits per heavy atom. The minimum atomic E-state index is -0.105. The highest BCUT2D eigenvalue weighted by Crippen LogP contribution is 2.20. The van der Waals surface area contributed by atoms with Gasteiger partial charge in [-0.3, -0.25) is 4.79 Å². The van der Waals surface area contributed by atoms with Crippen LogP contribution in [0.5, 0.6) is 0 Å². The van der Waals surface area contributed by atoms with Crippen LogP contribution in [0.2, 0.25) is 0 Å². The number of carbonyl (C=O) groups is 1. The van der Waals surface area contributed by atoms with E-state index in [2.05, 4.69) is 9.97 Å². The minimum Gasteiger partial charge on any atom is -0.394 e. The third kappa shape index (κ3) is 2.78. The number of amides is 1. The van der Waals surface area contributed by atoms with Crippen LogP contribution in [0.15, 0.2) is 42.7 Å². The first-order valence-corrected chi connectivity index (χ1v) is 7.09. The topological polar surface area (TPSA) is 66.3 Å². The van der Waals surface area contributed by atoms with Crippen molar-refractivity contribution < 1.29 is 9.90 Å². The Balaban J connectivity index is 1.79. The molecule has 1 aromatic heterocycles. The van der Waals surface area contributed by atoms with Crippen LogP contribution >= 0.6 is 0 Å². The fourth-order valence-electron chi connectivity index (χ4n) is 2.63. The lowest BCUT2D eigenvalue weighted by Crippen LogP contribution is -2.37.